The number of H-pyrrole nitrogens is 1. The van der Waals surface area contributed by atoms with Crippen LogP contribution in [0.2, 0.25) is 0 Å². The van der Waals surface area contributed by atoms with Crippen LogP contribution in [-0.2, 0) is 22.5 Å². The van der Waals surface area contributed by atoms with E-state index in [1.165, 1.54) is 0 Å². The summed E-state index contributed by atoms with van der Waals surface area (Å²) < 4.78 is 5.18. The minimum Gasteiger partial charge on any atom is -0.383 e. The first-order valence-electron chi connectivity index (χ1n) is 9.73. The molecule has 0 bridgehead atoms. The minimum absolute atomic E-state index is 0.0824. The molecule has 0 radical (unpaired) electrons. The van der Waals surface area contributed by atoms with Crippen LogP contribution in [0, 0.1) is 0 Å². The monoisotopic (exact) mass is 402 g/mol. The van der Waals surface area contributed by atoms with Crippen molar-refractivity contribution in [1.82, 2.24) is 19.9 Å². The second kappa shape index (κ2) is 8.84. The Hall–Kier alpha value is -3.58. The number of nitrogens with zero attached hydrogens (tertiary/aromatic N) is 3. The third kappa shape index (κ3) is 4.21. The average Bonchev–Trinajstić information content (AvgIpc) is 2.77. The molecule has 0 spiro atoms. The Morgan fingerprint density at radius 3 is 2.80 bits per heavy atom. The first-order chi connectivity index (χ1) is 14.7. The van der Waals surface area contributed by atoms with Gasteiger partial charge in [0.1, 0.15) is 5.82 Å². The maximum atomic E-state index is 13.1. The van der Waals surface area contributed by atoms with Crippen molar-refractivity contribution in [1.29, 1.82) is 0 Å². The zero-order chi connectivity index (χ0) is 20.9. The van der Waals surface area contributed by atoms with E-state index >= 15 is 0 Å². The Balaban J connectivity index is 1.60. The summed E-state index contributed by atoms with van der Waals surface area (Å²) in [6.45, 7) is 0.974. The van der Waals surface area contributed by atoms with Crippen LogP contribution in [0.25, 0.3) is 21.8 Å². The fourth-order valence-corrected chi connectivity index (χ4v) is 3.47. The number of ether oxygens (including phenoxy) is 1. The van der Waals surface area contributed by atoms with Crippen LogP contribution in [0.3, 0.4) is 0 Å². The highest BCUT2D eigenvalue weighted by molar-refractivity contribution is 5.87. The molecule has 4 aromatic rings. The van der Waals surface area contributed by atoms with Gasteiger partial charge in [0.15, 0.2) is 0 Å². The van der Waals surface area contributed by atoms with Gasteiger partial charge in [-0.05, 0) is 23.8 Å². The highest BCUT2D eigenvalue weighted by atomic mass is 16.5. The second-order valence-electron chi connectivity index (χ2n) is 7.01. The van der Waals surface area contributed by atoms with E-state index in [2.05, 4.69) is 15.0 Å². The molecule has 1 amide bonds. The molecule has 0 aliphatic heterocycles. The number of pyridine rings is 1. The van der Waals surface area contributed by atoms with Crippen LogP contribution in [0.1, 0.15) is 11.4 Å². The van der Waals surface area contributed by atoms with Gasteiger partial charge in [-0.2, -0.15) is 0 Å². The van der Waals surface area contributed by atoms with Gasteiger partial charge >= 0.3 is 0 Å². The Labute approximate surface area is 173 Å². The topological polar surface area (TPSA) is 88.2 Å². The number of para-hydroxylation sites is 2. The number of aromatic nitrogens is 3. The number of hydrogen-bond acceptors (Lipinski definition) is 5. The third-order valence-electron chi connectivity index (χ3n) is 4.98. The van der Waals surface area contributed by atoms with Gasteiger partial charge in [0.05, 0.1) is 36.0 Å². The summed E-state index contributed by atoms with van der Waals surface area (Å²) in [4.78, 5) is 38.9. The quantitative estimate of drug-likeness (QED) is 0.513. The zero-order valence-electron chi connectivity index (χ0n) is 16.7. The molecule has 7 heteroatoms. The molecule has 2 aromatic heterocycles. The van der Waals surface area contributed by atoms with E-state index in [1.807, 2.05) is 36.4 Å². The Morgan fingerprint density at radius 1 is 1.10 bits per heavy atom. The zero-order valence-corrected chi connectivity index (χ0v) is 16.7. The number of nitrogens with one attached hydrogen (secondary N) is 1. The molecule has 0 unspecified atom stereocenters. The van der Waals surface area contributed by atoms with Crippen molar-refractivity contribution in [3.05, 3.63) is 82.5 Å². The molecule has 0 aliphatic carbocycles. The molecule has 0 aliphatic rings. The van der Waals surface area contributed by atoms with Crippen molar-refractivity contribution in [2.45, 2.75) is 13.0 Å². The lowest BCUT2D eigenvalue weighted by Crippen LogP contribution is -2.35. The van der Waals surface area contributed by atoms with Gasteiger partial charge in [0.2, 0.25) is 5.91 Å². The molecule has 2 heterocycles. The van der Waals surface area contributed by atoms with Crippen molar-refractivity contribution < 1.29 is 9.53 Å². The van der Waals surface area contributed by atoms with Crippen molar-refractivity contribution in [2.75, 3.05) is 20.3 Å². The van der Waals surface area contributed by atoms with Crippen LogP contribution >= 0.6 is 0 Å². The summed E-state index contributed by atoms with van der Waals surface area (Å²) in [5.41, 5.74) is 2.07. The molecule has 30 heavy (non-hydrogen) atoms. The Bertz CT molecular complexity index is 1250. The highest BCUT2D eigenvalue weighted by Gasteiger charge is 2.18. The van der Waals surface area contributed by atoms with E-state index in [1.54, 1.807) is 36.4 Å². The van der Waals surface area contributed by atoms with Gasteiger partial charge in [-0.25, -0.2) is 4.98 Å². The van der Waals surface area contributed by atoms with E-state index in [0.29, 0.717) is 29.9 Å². The lowest BCUT2D eigenvalue weighted by molar-refractivity contribution is -0.131. The molecule has 0 saturated carbocycles. The van der Waals surface area contributed by atoms with Gasteiger partial charge in [0.25, 0.3) is 5.56 Å². The largest absolute Gasteiger partial charge is 0.383 e. The molecule has 152 valence electrons. The molecule has 0 atom stereocenters. The number of fused-ring (bicyclic) bond motifs is 2. The molecular weight excluding hydrogens is 380 g/mol. The van der Waals surface area contributed by atoms with Crippen molar-refractivity contribution in [3.63, 3.8) is 0 Å². The predicted molar refractivity (Wildman–Crippen MR) is 115 cm³/mol. The van der Waals surface area contributed by atoms with Crippen LogP contribution in [0.5, 0.6) is 0 Å². The Kier molecular flexibility index (Phi) is 5.81. The summed E-state index contributed by atoms with van der Waals surface area (Å²) in [6.07, 6.45) is 1.93. The summed E-state index contributed by atoms with van der Waals surface area (Å²) >= 11 is 0. The fourth-order valence-electron chi connectivity index (χ4n) is 3.47. The maximum absolute atomic E-state index is 13.1. The van der Waals surface area contributed by atoms with E-state index in [4.69, 9.17) is 4.74 Å². The van der Waals surface area contributed by atoms with Gasteiger partial charge in [0, 0.05) is 25.2 Å². The van der Waals surface area contributed by atoms with Gasteiger partial charge in [-0.15, -0.1) is 0 Å². The maximum Gasteiger partial charge on any atom is 0.258 e. The SMILES string of the molecule is COCCN(Cc1nc2ccccc2c(=O)[nH]1)C(=O)Cc1cccc2cccnc12. The Morgan fingerprint density at radius 2 is 1.93 bits per heavy atom. The van der Waals surface area contributed by atoms with Gasteiger partial charge in [-0.3, -0.25) is 14.6 Å². The molecule has 0 fully saturated rings. The molecule has 2 aromatic carbocycles. The van der Waals surface area contributed by atoms with Crippen LogP contribution < -0.4 is 5.56 Å². The normalized spacial score (nSPS) is 11.1. The van der Waals surface area contributed by atoms with Gasteiger partial charge < -0.3 is 14.6 Å². The van der Waals surface area contributed by atoms with Gasteiger partial charge in [-0.1, -0.05) is 36.4 Å². The lowest BCUT2D eigenvalue weighted by Gasteiger charge is -2.22. The summed E-state index contributed by atoms with van der Waals surface area (Å²) in [5, 5.41) is 1.52. The highest BCUT2D eigenvalue weighted by Crippen LogP contribution is 2.17. The smallest absolute Gasteiger partial charge is 0.258 e. The number of benzene rings is 2. The fraction of sp³-hybridized carbons (Fsp3) is 0.217. The average molecular weight is 402 g/mol. The van der Waals surface area contributed by atoms with Crippen LogP contribution in [0.4, 0.5) is 0 Å². The van der Waals surface area contributed by atoms with E-state index in [9.17, 15) is 9.59 Å². The molecule has 0 saturated heterocycles. The number of amides is 1. The van der Waals surface area contributed by atoms with Crippen molar-refractivity contribution >= 4 is 27.7 Å². The molecular formula is C23H22N4O3. The van der Waals surface area contributed by atoms with E-state index in [-0.39, 0.29) is 24.4 Å². The first kappa shape index (κ1) is 19.7. The van der Waals surface area contributed by atoms with Crippen LogP contribution in [-0.4, -0.2) is 46.0 Å². The summed E-state index contributed by atoms with van der Waals surface area (Å²) in [7, 11) is 1.59. The minimum atomic E-state index is -0.215. The lowest BCUT2D eigenvalue weighted by atomic mass is 10.1. The van der Waals surface area contributed by atoms with Crippen molar-refractivity contribution in [3.8, 4) is 0 Å². The number of carbonyl (C=O) groups is 1. The van der Waals surface area contributed by atoms with E-state index < -0.39 is 0 Å². The molecule has 1 N–H and O–H groups in total. The number of hydrogen-bond donors (Lipinski definition) is 1. The van der Waals surface area contributed by atoms with Crippen LogP contribution in [0.15, 0.2) is 65.6 Å². The summed E-state index contributed by atoms with van der Waals surface area (Å²) in [5.74, 6) is 0.361. The number of carbonyl (C=O) groups excluding carboxylic acids is 1. The summed E-state index contributed by atoms with van der Waals surface area (Å²) in [6, 6.07) is 16.8. The second-order valence-corrected chi connectivity index (χ2v) is 7.01. The third-order valence-corrected chi connectivity index (χ3v) is 4.98. The predicted octanol–water partition coefficient (Wildman–Crippen LogP) is 2.69. The van der Waals surface area contributed by atoms with Crippen molar-refractivity contribution in [2.24, 2.45) is 0 Å². The number of methoxy groups -OCH3 is 1. The number of aromatic amines is 1. The number of rotatable bonds is 7. The molecule has 7 nitrogen and oxygen atoms in total. The molecule has 4 rings (SSSR count). The standard InChI is InChI=1S/C23H22N4O3/c1-30-13-12-27(15-20-25-19-10-3-2-9-18(19)23(29)26-20)21(28)14-17-7-4-6-16-8-5-11-24-22(16)17/h2-11H,12-15H2,1H3,(H,25,26,29). The van der Waals surface area contributed by atoms with E-state index in [0.717, 1.165) is 16.5 Å². The first-order valence-corrected chi connectivity index (χ1v) is 9.73.